The Balaban J connectivity index is 1.53. The Kier molecular flexibility index (Phi) is 5.68. The Morgan fingerprint density at radius 3 is 2.88 bits per heavy atom. The van der Waals surface area contributed by atoms with Gasteiger partial charge in [0.05, 0.1) is 5.00 Å². The Hall–Kier alpha value is -2.09. The molecule has 1 aliphatic heterocycles. The van der Waals surface area contributed by atoms with Crippen LogP contribution in [0.25, 0.3) is 0 Å². The molecule has 0 aromatic carbocycles. The molecule has 1 fully saturated rings. The highest BCUT2D eigenvalue weighted by Gasteiger charge is 2.20. The Morgan fingerprint density at radius 1 is 1.42 bits per heavy atom. The van der Waals surface area contributed by atoms with Crippen LogP contribution in [0, 0.1) is 0 Å². The van der Waals surface area contributed by atoms with Gasteiger partial charge >= 0.3 is 0 Å². The summed E-state index contributed by atoms with van der Waals surface area (Å²) in [7, 11) is 1.94. The first-order chi connectivity index (χ1) is 11.8. The largest absolute Gasteiger partial charge is 0.363 e. The van der Waals surface area contributed by atoms with Crippen LogP contribution in [0.1, 0.15) is 25.6 Å². The lowest BCUT2D eigenvalue weighted by atomic mass is 10.1. The van der Waals surface area contributed by atoms with Crippen molar-refractivity contribution in [3.63, 3.8) is 0 Å². The monoisotopic (exact) mass is 347 g/mol. The summed E-state index contributed by atoms with van der Waals surface area (Å²) in [5.74, 6) is 1.72. The maximum atomic E-state index is 4.64. The van der Waals surface area contributed by atoms with Crippen molar-refractivity contribution < 1.29 is 0 Å². The van der Waals surface area contributed by atoms with Gasteiger partial charge in [-0.25, -0.2) is 4.99 Å². The summed E-state index contributed by atoms with van der Waals surface area (Å²) in [6.07, 6.45) is 3.93. The summed E-state index contributed by atoms with van der Waals surface area (Å²) in [5, 5.41) is 18.4. The third-order valence-electron chi connectivity index (χ3n) is 4.18. The normalized spacial score (nSPS) is 16.4. The Morgan fingerprint density at radius 2 is 2.25 bits per heavy atom. The molecule has 0 aliphatic carbocycles. The summed E-state index contributed by atoms with van der Waals surface area (Å²) >= 11 is 1.81. The molecule has 130 valence electrons. The molecule has 0 unspecified atom stereocenters. The van der Waals surface area contributed by atoms with Crippen molar-refractivity contribution in [2.45, 2.75) is 32.4 Å². The Labute approximate surface area is 146 Å². The fourth-order valence-corrected chi connectivity index (χ4v) is 3.59. The van der Waals surface area contributed by atoms with Crippen LogP contribution in [0.2, 0.25) is 0 Å². The van der Waals surface area contributed by atoms with Crippen LogP contribution in [0.3, 0.4) is 0 Å². The average molecular weight is 347 g/mol. The number of piperidine rings is 1. The number of anilines is 1. The van der Waals surface area contributed by atoms with Crippen LogP contribution in [-0.2, 0) is 13.6 Å². The van der Waals surface area contributed by atoms with E-state index in [-0.39, 0.29) is 0 Å². The molecule has 1 aliphatic rings. The second-order valence-corrected chi connectivity index (χ2v) is 6.84. The van der Waals surface area contributed by atoms with Crippen LogP contribution in [0.5, 0.6) is 0 Å². The molecule has 3 heterocycles. The van der Waals surface area contributed by atoms with E-state index in [1.54, 1.807) is 6.33 Å². The van der Waals surface area contributed by atoms with Gasteiger partial charge in [0.2, 0.25) is 0 Å². The van der Waals surface area contributed by atoms with Gasteiger partial charge in [-0.2, -0.15) is 0 Å². The molecule has 0 spiro atoms. The average Bonchev–Trinajstić information content (AvgIpc) is 3.25. The van der Waals surface area contributed by atoms with Crippen molar-refractivity contribution in [1.82, 2.24) is 25.4 Å². The van der Waals surface area contributed by atoms with Crippen LogP contribution in [0.15, 0.2) is 28.8 Å². The van der Waals surface area contributed by atoms with Gasteiger partial charge in [0.1, 0.15) is 12.9 Å². The van der Waals surface area contributed by atoms with E-state index < -0.39 is 0 Å². The predicted octanol–water partition coefficient (Wildman–Crippen LogP) is 1.60. The second-order valence-electron chi connectivity index (χ2n) is 5.91. The summed E-state index contributed by atoms with van der Waals surface area (Å²) in [6, 6.07) is 4.77. The number of nitrogens with one attached hydrogen (secondary N) is 2. The topological polar surface area (TPSA) is 70.4 Å². The lowest BCUT2D eigenvalue weighted by Gasteiger charge is -2.33. The molecule has 7 nitrogen and oxygen atoms in total. The number of hydrogen-bond donors (Lipinski definition) is 2. The number of aryl methyl sites for hydroxylation is 1. The summed E-state index contributed by atoms with van der Waals surface area (Å²) in [5.41, 5.74) is 0. The minimum Gasteiger partial charge on any atom is -0.363 e. The Bertz CT molecular complexity index is 641. The zero-order chi connectivity index (χ0) is 16.8. The van der Waals surface area contributed by atoms with E-state index in [2.05, 4.69) is 55.2 Å². The first-order valence-electron chi connectivity index (χ1n) is 8.42. The molecule has 3 rings (SSSR count). The molecule has 2 N–H and O–H groups in total. The minimum atomic E-state index is 0.457. The molecule has 8 heteroatoms. The molecule has 2 aromatic heterocycles. The van der Waals surface area contributed by atoms with E-state index in [1.165, 1.54) is 5.00 Å². The van der Waals surface area contributed by atoms with Crippen molar-refractivity contribution in [2.24, 2.45) is 12.0 Å². The van der Waals surface area contributed by atoms with E-state index >= 15 is 0 Å². The smallest absolute Gasteiger partial charge is 0.191 e. The minimum absolute atomic E-state index is 0.457. The first-order valence-corrected chi connectivity index (χ1v) is 9.30. The van der Waals surface area contributed by atoms with Gasteiger partial charge < -0.3 is 20.1 Å². The van der Waals surface area contributed by atoms with Gasteiger partial charge in [-0.15, -0.1) is 21.5 Å². The van der Waals surface area contributed by atoms with Crippen LogP contribution < -0.4 is 15.5 Å². The first kappa shape index (κ1) is 16.8. The van der Waals surface area contributed by atoms with Gasteiger partial charge in [0, 0.05) is 32.7 Å². The zero-order valence-corrected chi connectivity index (χ0v) is 15.1. The maximum Gasteiger partial charge on any atom is 0.191 e. The SMILES string of the molecule is CCNC(=NCc1nncn1C)NC1CCN(c2cccs2)CC1. The quantitative estimate of drug-likeness (QED) is 0.635. The van der Waals surface area contributed by atoms with Crippen molar-refractivity contribution in [1.29, 1.82) is 0 Å². The van der Waals surface area contributed by atoms with Gasteiger partial charge in [0.15, 0.2) is 11.8 Å². The van der Waals surface area contributed by atoms with Crippen LogP contribution in [0.4, 0.5) is 5.00 Å². The molecule has 0 saturated carbocycles. The third kappa shape index (κ3) is 4.25. The van der Waals surface area contributed by atoms with E-state index in [0.29, 0.717) is 12.6 Å². The molecule has 1 saturated heterocycles. The molecular weight excluding hydrogens is 322 g/mol. The third-order valence-corrected chi connectivity index (χ3v) is 5.11. The van der Waals surface area contributed by atoms with E-state index in [0.717, 1.165) is 44.3 Å². The number of rotatable bonds is 5. The van der Waals surface area contributed by atoms with Gasteiger partial charge in [-0.05, 0) is 37.3 Å². The van der Waals surface area contributed by atoms with Crippen molar-refractivity contribution >= 4 is 22.3 Å². The highest BCUT2D eigenvalue weighted by atomic mass is 32.1. The summed E-state index contributed by atoms with van der Waals surface area (Å²) in [4.78, 5) is 7.10. The van der Waals surface area contributed by atoms with Crippen LogP contribution >= 0.6 is 11.3 Å². The molecule has 0 amide bonds. The number of thiophene rings is 1. The van der Waals surface area contributed by atoms with Gasteiger partial charge in [0.25, 0.3) is 0 Å². The highest BCUT2D eigenvalue weighted by Crippen LogP contribution is 2.24. The van der Waals surface area contributed by atoms with Crippen molar-refractivity contribution in [3.8, 4) is 0 Å². The molecule has 2 aromatic rings. The number of nitrogens with zero attached hydrogens (tertiary/aromatic N) is 5. The predicted molar refractivity (Wildman–Crippen MR) is 98.5 cm³/mol. The van der Waals surface area contributed by atoms with Crippen LogP contribution in [-0.4, -0.2) is 46.4 Å². The number of hydrogen-bond acceptors (Lipinski definition) is 5. The standard InChI is InChI=1S/C16H25N7S/c1-3-17-16(18-11-14-21-19-12-22(14)2)20-13-6-8-23(9-7-13)15-5-4-10-24-15/h4-5,10,12-13H,3,6-9,11H2,1-2H3,(H2,17,18,20). The second kappa shape index (κ2) is 8.14. The van der Waals surface area contributed by atoms with E-state index in [4.69, 9.17) is 0 Å². The van der Waals surface area contributed by atoms with Gasteiger partial charge in [-0.1, -0.05) is 0 Å². The van der Waals surface area contributed by atoms with Crippen molar-refractivity contribution in [2.75, 3.05) is 24.5 Å². The maximum absolute atomic E-state index is 4.64. The van der Waals surface area contributed by atoms with Crippen molar-refractivity contribution in [3.05, 3.63) is 29.7 Å². The van der Waals surface area contributed by atoms with Gasteiger partial charge in [-0.3, -0.25) is 0 Å². The molecular formula is C16H25N7S. The zero-order valence-electron chi connectivity index (χ0n) is 14.3. The summed E-state index contributed by atoms with van der Waals surface area (Å²) in [6.45, 7) is 5.62. The molecule has 0 bridgehead atoms. The molecule has 0 radical (unpaired) electrons. The fraction of sp³-hybridized carbons (Fsp3) is 0.562. The fourth-order valence-electron chi connectivity index (χ4n) is 2.81. The van der Waals surface area contributed by atoms with E-state index in [1.807, 2.05) is 23.0 Å². The molecule has 24 heavy (non-hydrogen) atoms. The van der Waals surface area contributed by atoms with E-state index in [9.17, 15) is 0 Å². The lowest BCUT2D eigenvalue weighted by molar-refractivity contribution is 0.462. The lowest BCUT2D eigenvalue weighted by Crippen LogP contribution is -2.48. The number of guanidine groups is 1. The number of aromatic nitrogens is 3. The number of aliphatic imine (C=N–C) groups is 1. The molecule has 0 atom stereocenters. The highest BCUT2D eigenvalue weighted by molar-refractivity contribution is 7.14. The summed E-state index contributed by atoms with van der Waals surface area (Å²) < 4.78 is 1.90.